The maximum absolute atomic E-state index is 12.0. The van der Waals surface area contributed by atoms with Gasteiger partial charge in [0.15, 0.2) is 5.82 Å². The van der Waals surface area contributed by atoms with Crippen molar-refractivity contribution in [3.05, 3.63) is 54.6 Å². The van der Waals surface area contributed by atoms with Gasteiger partial charge in [-0.05, 0) is 50.1 Å². The minimum atomic E-state index is 0.118. The highest BCUT2D eigenvalue weighted by molar-refractivity contribution is 5.93. The van der Waals surface area contributed by atoms with Gasteiger partial charge in [-0.3, -0.25) is 4.79 Å². The zero-order chi connectivity index (χ0) is 17.9. The van der Waals surface area contributed by atoms with Gasteiger partial charge in [0.1, 0.15) is 11.6 Å². The summed E-state index contributed by atoms with van der Waals surface area (Å²) in [4.78, 5) is 20.8. The van der Waals surface area contributed by atoms with E-state index in [0.717, 1.165) is 30.6 Å². The molecule has 0 unspecified atom stereocenters. The summed E-state index contributed by atoms with van der Waals surface area (Å²) in [5.74, 6) is 2.35. The van der Waals surface area contributed by atoms with Crippen molar-refractivity contribution in [3.63, 3.8) is 0 Å². The standard InChI is InChI=1S/C19H20N6O/c1-13-21-17(12-18(22-13)25-11-3-10-20-25)23-15-6-8-16(9-7-15)24-19(26)14-4-2-5-14/h3,6-12,14H,2,4-5H2,1H3,(H,24,26)(H,21,22,23). The van der Waals surface area contributed by atoms with Gasteiger partial charge in [-0.2, -0.15) is 5.10 Å². The molecule has 2 heterocycles. The van der Waals surface area contributed by atoms with E-state index in [4.69, 9.17) is 0 Å². The number of benzene rings is 1. The molecule has 7 heteroatoms. The Labute approximate surface area is 151 Å². The minimum Gasteiger partial charge on any atom is -0.340 e. The molecule has 0 atom stereocenters. The summed E-state index contributed by atoms with van der Waals surface area (Å²) in [6.07, 6.45) is 6.69. The number of amides is 1. The van der Waals surface area contributed by atoms with Crippen LogP contribution in [0, 0.1) is 12.8 Å². The third kappa shape index (κ3) is 3.56. The number of hydrogen-bond acceptors (Lipinski definition) is 5. The number of anilines is 3. The highest BCUT2D eigenvalue weighted by Gasteiger charge is 2.24. The molecule has 0 aliphatic heterocycles. The predicted molar refractivity (Wildman–Crippen MR) is 99.6 cm³/mol. The Hall–Kier alpha value is -3.22. The molecule has 0 saturated heterocycles. The molecular weight excluding hydrogens is 328 g/mol. The van der Waals surface area contributed by atoms with Crippen LogP contribution < -0.4 is 10.6 Å². The second-order valence-corrected chi connectivity index (χ2v) is 6.43. The number of carbonyl (C=O) groups is 1. The number of aromatic nitrogens is 4. The quantitative estimate of drug-likeness (QED) is 0.738. The predicted octanol–water partition coefficient (Wildman–Crippen LogP) is 3.45. The van der Waals surface area contributed by atoms with Crippen molar-refractivity contribution in [3.8, 4) is 5.82 Å². The Bertz CT molecular complexity index is 900. The first-order valence-corrected chi connectivity index (χ1v) is 8.71. The molecule has 2 aromatic heterocycles. The molecule has 1 saturated carbocycles. The van der Waals surface area contributed by atoms with Crippen LogP contribution in [-0.4, -0.2) is 25.7 Å². The highest BCUT2D eigenvalue weighted by atomic mass is 16.1. The first kappa shape index (κ1) is 16.3. The average Bonchev–Trinajstić information content (AvgIpc) is 3.09. The van der Waals surface area contributed by atoms with E-state index in [2.05, 4.69) is 25.7 Å². The molecule has 0 bridgehead atoms. The van der Waals surface area contributed by atoms with E-state index in [1.54, 1.807) is 10.9 Å². The zero-order valence-corrected chi connectivity index (χ0v) is 14.5. The fourth-order valence-corrected chi connectivity index (χ4v) is 2.84. The van der Waals surface area contributed by atoms with Gasteiger partial charge in [-0.1, -0.05) is 6.42 Å². The third-order valence-corrected chi connectivity index (χ3v) is 4.46. The van der Waals surface area contributed by atoms with Crippen LogP contribution in [-0.2, 0) is 4.79 Å². The molecule has 2 N–H and O–H groups in total. The first-order chi connectivity index (χ1) is 12.7. The Morgan fingerprint density at radius 2 is 1.92 bits per heavy atom. The lowest BCUT2D eigenvalue weighted by molar-refractivity contribution is -0.122. The largest absolute Gasteiger partial charge is 0.340 e. The average molecular weight is 348 g/mol. The third-order valence-electron chi connectivity index (χ3n) is 4.46. The van der Waals surface area contributed by atoms with E-state index in [-0.39, 0.29) is 11.8 Å². The lowest BCUT2D eigenvalue weighted by atomic mass is 9.85. The van der Waals surface area contributed by atoms with Gasteiger partial charge in [0.25, 0.3) is 0 Å². The van der Waals surface area contributed by atoms with E-state index in [0.29, 0.717) is 17.5 Å². The summed E-state index contributed by atoms with van der Waals surface area (Å²) in [6, 6.07) is 11.3. The van der Waals surface area contributed by atoms with E-state index < -0.39 is 0 Å². The van der Waals surface area contributed by atoms with Crippen LogP contribution in [0.3, 0.4) is 0 Å². The molecule has 3 aromatic rings. The van der Waals surface area contributed by atoms with E-state index in [1.807, 2.05) is 49.5 Å². The smallest absolute Gasteiger partial charge is 0.227 e. The molecular formula is C19H20N6O. The van der Waals surface area contributed by atoms with Gasteiger partial charge < -0.3 is 10.6 Å². The lowest BCUT2D eigenvalue weighted by Gasteiger charge is -2.24. The summed E-state index contributed by atoms with van der Waals surface area (Å²) >= 11 is 0. The summed E-state index contributed by atoms with van der Waals surface area (Å²) in [5, 5.41) is 10.4. The summed E-state index contributed by atoms with van der Waals surface area (Å²) in [5.41, 5.74) is 1.69. The van der Waals surface area contributed by atoms with Crippen LogP contribution >= 0.6 is 0 Å². The molecule has 1 amide bonds. The number of nitrogens with zero attached hydrogens (tertiary/aromatic N) is 4. The van der Waals surface area contributed by atoms with Crippen LogP contribution in [0.25, 0.3) is 5.82 Å². The summed E-state index contributed by atoms with van der Waals surface area (Å²) in [6.45, 7) is 1.84. The molecule has 0 radical (unpaired) electrons. The second kappa shape index (κ2) is 6.95. The topological polar surface area (TPSA) is 84.7 Å². The number of nitrogens with one attached hydrogen (secondary N) is 2. The van der Waals surface area contributed by atoms with Crippen molar-refractivity contribution < 1.29 is 4.79 Å². The number of rotatable bonds is 5. The summed E-state index contributed by atoms with van der Waals surface area (Å²) in [7, 11) is 0. The van der Waals surface area contributed by atoms with Crippen molar-refractivity contribution in [2.45, 2.75) is 26.2 Å². The van der Waals surface area contributed by atoms with Crippen LogP contribution in [0.4, 0.5) is 17.2 Å². The molecule has 1 fully saturated rings. The molecule has 1 aliphatic rings. The fourth-order valence-electron chi connectivity index (χ4n) is 2.84. The van der Waals surface area contributed by atoms with Crippen molar-refractivity contribution in [2.24, 2.45) is 5.92 Å². The van der Waals surface area contributed by atoms with Crippen LogP contribution in [0.15, 0.2) is 48.8 Å². The maximum Gasteiger partial charge on any atom is 0.227 e. The van der Waals surface area contributed by atoms with Crippen LogP contribution in [0.5, 0.6) is 0 Å². The molecule has 1 aromatic carbocycles. The monoisotopic (exact) mass is 348 g/mol. The molecule has 4 rings (SSSR count). The molecule has 0 spiro atoms. The molecule has 7 nitrogen and oxygen atoms in total. The number of carbonyl (C=O) groups excluding carboxylic acids is 1. The Balaban J connectivity index is 1.46. The van der Waals surface area contributed by atoms with Crippen molar-refractivity contribution in [2.75, 3.05) is 10.6 Å². The SMILES string of the molecule is Cc1nc(Nc2ccc(NC(=O)C3CCC3)cc2)cc(-n2cccn2)n1. The Morgan fingerprint density at radius 1 is 1.15 bits per heavy atom. The van der Waals surface area contributed by atoms with Crippen LogP contribution in [0.2, 0.25) is 0 Å². The van der Waals surface area contributed by atoms with Gasteiger partial charge in [-0.25, -0.2) is 14.6 Å². The van der Waals surface area contributed by atoms with Crippen molar-refractivity contribution in [1.82, 2.24) is 19.7 Å². The van der Waals surface area contributed by atoms with Crippen LogP contribution in [0.1, 0.15) is 25.1 Å². The Kier molecular flexibility index (Phi) is 4.35. The fraction of sp³-hybridized carbons (Fsp3) is 0.263. The number of aryl methyl sites for hydroxylation is 1. The Morgan fingerprint density at radius 3 is 2.58 bits per heavy atom. The van der Waals surface area contributed by atoms with Gasteiger partial charge in [0.2, 0.25) is 5.91 Å². The molecule has 26 heavy (non-hydrogen) atoms. The van der Waals surface area contributed by atoms with Crippen molar-refractivity contribution >= 4 is 23.1 Å². The second-order valence-electron chi connectivity index (χ2n) is 6.43. The maximum atomic E-state index is 12.0. The van der Waals surface area contributed by atoms with Crippen molar-refractivity contribution in [1.29, 1.82) is 0 Å². The number of hydrogen-bond donors (Lipinski definition) is 2. The normalized spacial score (nSPS) is 13.9. The van der Waals surface area contributed by atoms with E-state index in [1.165, 1.54) is 0 Å². The van der Waals surface area contributed by atoms with Gasteiger partial charge in [0, 0.05) is 35.8 Å². The van der Waals surface area contributed by atoms with Gasteiger partial charge in [-0.15, -0.1) is 0 Å². The van der Waals surface area contributed by atoms with E-state index >= 15 is 0 Å². The minimum absolute atomic E-state index is 0.118. The van der Waals surface area contributed by atoms with Gasteiger partial charge in [0.05, 0.1) is 0 Å². The zero-order valence-electron chi connectivity index (χ0n) is 14.5. The lowest BCUT2D eigenvalue weighted by Crippen LogP contribution is -2.27. The first-order valence-electron chi connectivity index (χ1n) is 8.71. The van der Waals surface area contributed by atoms with Gasteiger partial charge >= 0.3 is 0 Å². The highest BCUT2D eigenvalue weighted by Crippen LogP contribution is 2.28. The molecule has 1 aliphatic carbocycles. The summed E-state index contributed by atoms with van der Waals surface area (Å²) < 4.78 is 1.69. The van der Waals surface area contributed by atoms with E-state index in [9.17, 15) is 4.79 Å². The molecule has 132 valence electrons.